The summed E-state index contributed by atoms with van der Waals surface area (Å²) < 4.78 is 5.16. The van der Waals surface area contributed by atoms with Crippen molar-refractivity contribution in [1.29, 1.82) is 0 Å². The van der Waals surface area contributed by atoms with Crippen molar-refractivity contribution in [2.45, 2.75) is 12.8 Å². The molecule has 1 aromatic heterocycles. The minimum atomic E-state index is -0.204. The molecule has 21 heavy (non-hydrogen) atoms. The number of ether oxygens (including phenoxy) is 1. The molecule has 2 aromatic rings. The van der Waals surface area contributed by atoms with Crippen LogP contribution in [0.15, 0.2) is 36.7 Å². The molecule has 5 heteroatoms. The van der Waals surface area contributed by atoms with Crippen LogP contribution in [0.25, 0.3) is 0 Å². The zero-order valence-corrected chi connectivity index (χ0v) is 11.8. The van der Waals surface area contributed by atoms with E-state index < -0.39 is 0 Å². The molecule has 2 heterocycles. The molecule has 1 aromatic carbocycles. The van der Waals surface area contributed by atoms with Crippen molar-refractivity contribution in [1.82, 2.24) is 4.98 Å². The van der Waals surface area contributed by atoms with Crippen molar-refractivity contribution in [3.63, 3.8) is 0 Å². The predicted molar refractivity (Wildman–Crippen MR) is 82.0 cm³/mol. The van der Waals surface area contributed by atoms with Gasteiger partial charge < -0.3 is 15.4 Å². The molecule has 0 saturated heterocycles. The number of hydrogen-bond donors (Lipinski definition) is 2. The highest BCUT2D eigenvalue weighted by molar-refractivity contribution is 6.06. The Balaban J connectivity index is 1.81. The first kappa shape index (κ1) is 13.4. The van der Waals surface area contributed by atoms with E-state index in [1.54, 1.807) is 12.3 Å². The lowest BCUT2D eigenvalue weighted by Crippen LogP contribution is -2.15. The molecule has 0 spiro atoms. The van der Waals surface area contributed by atoms with Crippen molar-refractivity contribution < 1.29 is 9.53 Å². The van der Waals surface area contributed by atoms with Crippen LogP contribution < -0.4 is 15.4 Å². The highest BCUT2D eigenvalue weighted by Crippen LogP contribution is 2.26. The van der Waals surface area contributed by atoms with Crippen LogP contribution in [-0.2, 0) is 6.42 Å². The van der Waals surface area contributed by atoms with Crippen molar-refractivity contribution in [3.05, 3.63) is 47.8 Å². The highest BCUT2D eigenvalue weighted by Gasteiger charge is 2.14. The summed E-state index contributed by atoms with van der Waals surface area (Å²) in [6.45, 7) is 0.975. The molecule has 0 atom stereocenters. The maximum atomic E-state index is 12.3. The highest BCUT2D eigenvalue weighted by atomic mass is 16.5. The fourth-order valence-electron chi connectivity index (χ4n) is 2.47. The van der Waals surface area contributed by atoms with Crippen molar-refractivity contribution >= 4 is 17.3 Å². The third-order valence-corrected chi connectivity index (χ3v) is 3.56. The summed E-state index contributed by atoms with van der Waals surface area (Å²) in [5.41, 5.74) is 3.63. The number of hydrogen-bond acceptors (Lipinski definition) is 4. The van der Waals surface area contributed by atoms with E-state index in [0.717, 1.165) is 30.8 Å². The van der Waals surface area contributed by atoms with Gasteiger partial charge in [-0.3, -0.25) is 9.78 Å². The van der Waals surface area contributed by atoms with Gasteiger partial charge in [-0.05, 0) is 36.6 Å². The molecule has 0 saturated carbocycles. The van der Waals surface area contributed by atoms with Crippen LogP contribution in [0.1, 0.15) is 22.3 Å². The predicted octanol–water partition coefficient (Wildman–Crippen LogP) is 2.70. The van der Waals surface area contributed by atoms with E-state index in [0.29, 0.717) is 11.3 Å². The minimum absolute atomic E-state index is 0.204. The monoisotopic (exact) mass is 283 g/mol. The van der Waals surface area contributed by atoms with Gasteiger partial charge in [0.2, 0.25) is 0 Å². The quantitative estimate of drug-likeness (QED) is 0.909. The summed E-state index contributed by atoms with van der Waals surface area (Å²) in [5, 5.41) is 6.25. The molecule has 3 rings (SSSR count). The van der Waals surface area contributed by atoms with Crippen LogP contribution in [0.5, 0.6) is 5.75 Å². The number of aromatic nitrogens is 1. The number of amides is 1. The second-order valence-corrected chi connectivity index (χ2v) is 4.93. The van der Waals surface area contributed by atoms with Gasteiger partial charge in [-0.25, -0.2) is 0 Å². The summed E-state index contributed by atoms with van der Waals surface area (Å²) in [6, 6.07) is 7.60. The van der Waals surface area contributed by atoms with Crippen molar-refractivity contribution in [3.8, 4) is 5.75 Å². The first-order valence-corrected chi connectivity index (χ1v) is 6.94. The van der Waals surface area contributed by atoms with E-state index in [2.05, 4.69) is 21.7 Å². The second-order valence-electron chi connectivity index (χ2n) is 4.93. The largest absolute Gasteiger partial charge is 0.494 e. The molecule has 1 aliphatic rings. The van der Waals surface area contributed by atoms with Gasteiger partial charge in [0.1, 0.15) is 5.75 Å². The number of rotatable bonds is 3. The summed E-state index contributed by atoms with van der Waals surface area (Å²) >= 11 is 0. The van der Waals surface area contributed by atoms with Gasteiger partial charge >= 0.3 is 0 Å². The fourth-order valence-corrected chi connectivity index (χ4v) is 2.47. The molecule has 108 valence electrons. The average Bonchev–Trinajstić information content (AvgIpc) is 2.54. The third-order valence-electron chi connectivity index (χ3n) is 3.56. The maximum Gasteiger partial charge on any atom is 0.259 e. The van der Waals surface area contributed by atoms with Crippen LogP contribution >= 0.6 is 0 Å². The molecule has 0 unspecified atom stereocenters. The summed E-state index contributed by atoms with van der Waals surface area (Å²) in [7, 11) is 1.52. The number of aryl methyl sites for hydroxylation is 1. The lowest BCUT2D eigenvalue weighted by Gasteiger charge is -2.19. The number of pyridine rings is 1. The fraction of sp³-hybridized carbons (Fsp3) is 0.250. The molecule has 0 bridgehead atoms. The third kappa shape index (κ3) is 2.81. The van der Waals surface area contributed by atoms with E-state index in [9.17, 15) is 4.79 Å². The van der Waals surface area contributed by atoms with Crippen LogP contribution in [0.3, 0.4) is 0 Å². The smallest absolute Gasteiger partial charge is 0.259 e. The topological polar surface area (TPSA) is 63.2 Å². The Bertz CT molecular complexity index is 670. The summed E-state index contributed by atoms with van der Waals surface area (Å²) in [6.07, 6.45) is 5.33. The van der Waals surface area contributed by atoms with Crippen LogP contribution in [0, 0.1) is 0 Å². The maximum absolute atomic E-state index is 12.3. The molecular weight excluding hydrogens is 266 g/mol. The van der Waals surface area contributed by atoms with E-state index in [-0.39, 0.29) is 5.91 Å². The summed E-state index contributed by atoms with van der Waals surface area (Å²) in [4.78, 5) is 16.3. The Morgan fingerprint density at radius 2 is 2.29 bits per heavy atom. The number of nitrogens with zero attached hydrogens (tertiary/aromatic N) is 1. The van der Waals surface area contributed by atoms with Crippen LogP contribution in [0.4, 0.5) is 11.4 Å². The lowest BCUT2D eigenvalue weighted by molar-refractivity contribution is 0.102. The van der Waals surface area contributed by atoms with Gasteiger partial charge in [-0.2, -0.15) is 0 Å². The Hall–Kier alpha value is -2.56. The van der Waals surface area contributed by atoms with Gasteiger partial charge in [0.25, 0.3) is 5.91 Å². The number of benzene rings is 1. The molecule has 1 aliphatic heterocycles. The first-order chi connectivity index (χ1) is 10.3. The minimum Gasteiger partial charge on any atom is -0.494 e. The molecule has 1 amide bonds. The summed E-state index contributed by atoms with van der Waals surface area (Å²) in [5.74, 6) is 0.260. The number of fused-ring (bicyclic) bond motifs is 1. The molecule has 2 N–H and O–H groups in total. The van der Waals surface area contributed by atoms with Crippen molar-refractivity contribution in [2.75, 3.05) is 24.3 Å². The Morgan fingerprint density at radius 3 is 3.14 bits per heavy atom. The number of carbonyl (C=O) groups excluding carboxylic acids is 1. The second kappa shape index (κ2) is 5.83. The lowest BCUT2D eigenvalue weighted by atomic mass is 10.0. The van der Waals surface area contributed by atoms with E-state index in [1.165, 1.54) is 18.9 Å². The van der Waals surface area contributed by atoms with E-state index in [4.69, 9.17) is 4.74 Å². The van der Waals surface area contributed by atoms with E-state index >= 15 is 0 Å². The standard InChI is InChI=1S/C16H17N3O2/c1-21-15-10-17-8-6-13(15)16(20)19-12-5-4-11-3-2-7-18-14(11)9-12/h4-6,8-10,18H,2-3,7H2,1H3,(H,19,20). The number of methoxy groups -OCH3 is 1. The van der Waals surface area contributed by atoms with Gasteiger partial charge in [0, 0.05) is 24.1 Å². The molecule has 0 fully saturated rings. The first-order valence-electron chi connectivity index (χ1n) is 6.94. The Morgan fingerprint density at radius 1 is 1.38 bits per heavy atom. The Labute approximate surface area is 123 Å². The van der Waals surface area contributed by atoms with Gasteiger partial charge in [-0.15, -0.1) is 0 Å². The average molecular weight is 283 g/mol. The SMILES string of the molecule is COc1cnccc1C(=O)Nc1ccc2c(c1)NCCC2. The number of nitrogens with one attached hydrogen (secondary N) is 2. The van der Waals surface area contributed by atoms with Gasteiger partial charge in [0.05, 0.1) is 18.9 Å². The molecule has 0 aliphatic carbocycles. The number of carbonyl (C=O) groups is 1. The zero-order valence-electron chi connectivity index (χ0n) is 11.8. The Kier molecular flexibility index (Phi) is 3.73. The van der Waals surface area contributed by atoms with Crippen LogP contribution in [0.2, 0.25) is 0 Å². The normalized spacial score (nSPS) is 13.0. The zero-order chi connectivity index (χ0) is 14.7. The number of anilines is 2. The van der Waals surface area contributed by atoms with Gasteiger partial charge in [-0.1, -0.05) is 6.07 Å². The molecule has 0 radical (unpaired) electrons. The van der Waals surface area contributed by atoms with Crippen LogP contribution in [-0.4, -0.2) is 24.5 Å². The molecule has 5 nitrogen and oxygen atoms in total. The molecular formula is C16H17N3O2. The van der Waals surface area contributed by atoms with E-state index in [1.807, 2.05) is 12.1 Å². The van der Waals surface area contributed by atoms with Gasteiger partial charge in [0.15, 0.2) is 0 Å². The van der Waals surface area contributed by atoms with Crippen molar-refractivity contribution in [2.24, 2.45) is 0 Å².